The fourth-order valence-electron chi connectivity index (χ4n) is 4.02. The van der Waals surface area contributed by atoms with Gasteiger partial charge in [0.05, 0.1) is 24.2 Å². The SMILES string of the molecule is COc1ccc2c(/C=C3\C(=O)C(c4ccc(N(C)C)cc4NC(=O)C(C)C)=C3[O-])cc[n+](C)c2c1. The Morgan fingerprint density at radius 1 is 1.14 bits per heavy atom. The van der Waals surface area contributed by atoms with Gasteiger partial charge >= 0.3 is 0 Å². The van der Waals surface area contributed by atoms with Crippen molar-refractivity contribution in [3.63, 3.8) is 0 Å². The summed E-state index contributed by atoms with van der Waals surface area (Å²) in [5.41, 5.74) is 3.65. The third kappa shape index (κ3) is 4.37. The van der Waals surface area contributed by atoms with Gasteiger partial charge < -0.3 is 20.1 Å². The molecule has 0 saturated heterocycles. The summed E-state index contributed by atoms with van der Waals surface area (Å²) in [5.74, 6) is -0.367. The Hall–Kier alpha value is -4.13. The van der Waals surface area contributed by atoms with Crippen LogP contribution in [0.15, 0.2) is 60.0 Å². The van der Waals surface area contributed by atoms with Crippen LogP contribution in [0.25, 0.3) is 22.6 Å². The van der Waals surface area contributed by atoms with Gasteiger partial charge in [0, 0.05) is 48.5 Å². The molecule has 0 bridgehead atoms. The van der Waals surface area contributed by atoms with Crippen molar-refractivity contribution in [1.82, 2.24) is 0 Å². The van der Waals surface area contributed by atoms with Crippen LogP contribution in [0.2, 0.25) is 0 Å². The number of benzene rings is 2. The summed E-state index contributed by atoms with van der Waals surface area (Å²) in [7, 11) is 7.31. The number of anilines is 2. The Morgan fingerprint density at radius 3 is 2.51 bits per heavy atom. The summed E-state index contributed by atoms with van der Waals surface area (Å²) >= 11 is 0. The summed E-state index contributed by atoms with van der Waals surface area (Å²) in [5, 5.41) is 17.0. The van der Waals surface area contributed by atoms with E-state index in [1.165, 1.54) is 0 Å². The van der Waals surface area contributed by atoms with Gasteiger partial charge in [0.25, 0.3) is 0 Å². The summed E-state index contributed by atoms with van der Waals surface area (Å²) in [6.45, 7) is 3.58. The van der Waals surface area contributed by atoms with Crippen molar-refractivity contribution in [1.29, 1.82) is 0 Å². The number of aromatic nitrogens is 1. The number of carbonyl (C=O) groups is 2. The molecular weight excluding hydrogens is 442 g/mol. The largest absolute Gasteiger partial charge is 0.871 e. The number of rotatable bonds is 6. The molecule has 1 amide bonds. The van der Waals surface area contributed by atoms with Crippen LogP contribution in [0.5, 0.6) is 5.75 Å². The molecule has 1 N–H and O–H groups in total. The highest BCUT2D eigenvalue weighted by Crippen LogP contribution is 2.40. The lowest BCUT2D eigenvalue weighted by Crippen LogP contribution is -2.30. The molecule has 4 rings (SSSR count). The van der Waals surface area contributed by atoms with Crippen LogP contribution in [-0.2, 0) is 16.6 Å². The van der Waals surface area contributed by atoms with E-state index < -0.39 is 0 Å². The van der Waals surface area contributed by atoms with E-state index in [1.807, 2.05) is 67.1 Å². The standard InChI is InChI=1S/C28H29N3O4/c1-16(2)28(34)29-23-14-18(30(3)4)7-9-21(23)25-26(32)22(27(25)33)13-17-11-12-31(5)24-15-19(35-6)8-10-20(17)24/h7-16H,1-6H3,(H,32,33). The number of amides is 1. The molecule has 1 aliphatic carbocycles. The fourth-order valence-corrected chi connectivity index (χ4v) is 4.02. The van der Waals surface area contributed by atoms with Crippen LogP contribution in [0.4, 0.5) is 11.4 Å². The number of aryl methyl sites for hydroxylation is 1. The van der Waals surface area contributed by atoms with Crippen LogP contribution >= 0.6 is 0 Å². The zero-order chi connectivity index (χ0) is 25.4. The molecule has 7 heteroatoms. The normalized spacial score (nSPS) is 14.5. The molecule has 2 aromatic carbocycles. The number of Topliss-reactive ketones (excluding diaryl/α,β-unsaturated/α-hetero) is 1. The van der Waals surface area contributed by atoms with E-state index in [0.29, 0.717) is 11.3 Å². The van der Waals surface area contributed by atoms with E-state index in [-0.39, 0.29) is 34.5 Å². The second-order valence-corrected chi connectivity index (χ2v) is 9.12. The Balaban J connectivity index is 1.79. The van der Waals surface area contributed by atoms with Crippen LogP contribution in [0.1, 0.15) is 25.0 Å². The predicted molar refractivity (Wildman–Crippen MR) is 136 cm³/mol. The Labute approximate surface area is 204 Å². The molecule has 1 aliphatic rings. The van der Waals surface area contributed by atoms with Crippen LogP contribution in [-0.4, -0.2) is 32.9 Å². The molecule has 0 spiro atoms. The van der Waals surface area contributed by atoms with Gasteiger partial charge in [-0.1, -0.05) is 25.7 Å². The highest BCUT2D eigenvalue weighted by Gasteiger charge is 2.31. The minimum absolute atomic E-state index is 0.0908. The van der Waals surface area contributed by atoms with E-state index in [4.69, 9.17) is 4.74 Å². The van der Waals surface area contributed by atoms with Crippen LogP contribution in [0.3, 0.4) is 0 Å². The fraction of sp³-hybridized carbons (Fsp3) is 0.250. The average Bonchev–Trinajstić information content (AvgIpc) is 2.84. The maximum atomic E-state index is 13.2. The lowest BCUT2D eigenvalue weighted by molar-refractivity contribution is -0.644. The molecule has 0 radical (unpaired) electrons. The number of hydrogen-bond donors (Lipinski definition) is 1. The first-order chi connectivity index (χ1) is 16.6. The summed E-state index contributed by atoms with van der Waals surface area (Å²) in [4.78, 5) is 27.5. The first kappa shape index (κ1) is 24.0. The van der Waals surface area contributed by atoms with E-state index in [0.717, 1.165) is 27.9 Å². The maximum Gasteiger partial charge on any atom is 0.226 e. The predicted octanol–water partition coefficient (Wildman–Crippen LogP) is 3.07. The number of ether oxygens (including phenoxy) is 1. The van der Waals surface area contributed by atoms with E-state index in [1.54, 1.807) is 39.2 Å². The Kier molecular flexibility index (Phi) is 6.35. The molecular formula is C28H29N3O4. The number of carbonyl (C=O) groups excluding carboxylic acids is 2. The molecule has 0 saturated carbocycles. The molecule has 0 unspecified atom stereocenters. The first-order valence-electron chi connectivity index (χ1n) is 11.4. The van der Waals surface area contributed by atoms with Crippen LogP contribution < -0.4 is 24.6 Å². The highest BCUT2D eigenvalue weighted by atomic mass is 16.5. The number of hydrogen-bond acceptors (Lipinski definition) is 5. The third-order valence-electron chi connectivity index (χ3n) is 6.19. The monoisotopic (exact) mass is 471 g/mol. The van der Waals surface area contributed by atoms with Gasteiger partial charge in [-0.25, -0.2) is 4.57 Å². The molecule has 3 aromatic rings. The quantitative estimate of drug-likeness (QED) is 0.441. The summed E-state index contributed by atoms with van der Waals surface area (Å²) in [6.07, 6.45) is 3.52. The number of allylic oxidation sites excluding steroid dienone is 2. The van der Waals surface area contributed by atoms with Crippen molar-refractivity contribution in [3.05, 3.63) is 71.1 Å². The molecule has 7 nitrogen and oxygen atoms in total. The number of fused-ring (bicyclic) bond motifs is 1. The first-order valence-corrected chi connectivity index (χ1v) is 11.4. The molecule has 35 heavy (non-hydrogen) atoms. The van der Waals surface area contributed by atoms with Gasteiger partial charge in [-0.05, 0) is 35.9 Å². The zero-order valence-electron chi connectivity index (χ0n) is 20.8. The molecule has 1 aromatic heterocycles. The summed E-state index contributed by atoms with van der Waals surface area (Å²) < 4.78 is 7.29. The van der Waals surface area contributed by atoms with E-state index in [2.05, 4.69) is 5.32 Å². The molecule has 0 atom stereocenters. The number of pyridine rings is 1. The lowest BCUT2D eigenvalue weighted by Gasteiger charge is -2.32. The highest BCUT2D eigenvalue weighted by molar-refractivity contribution is 6.41. The van der Waals surface area contributed by atoms with Gasteiger partial charge in [-0.2, -0.15) is 0 Å². The summed E-state index contributed by atoms with van der Waals surface area (Å²) in [6, 6.07) is 12.9. The topological polar surface area (TPSA) is 85.6 Å². The maximum absolute atomic E-state index is 13.2. The second-order valence-electron chi connectivity index (χ2n) is 9.12. The zero-order valence-corrected chi connectivity index (χ0v) is 20.8. The lowest BCUT2D eigenvalue weighted by atomic mass is 9.81. The number of ketones is 1. The van der Waals surface area contributed by atoms with Gasteiger partial charge in [-0.3, -0.25) is 9.59 Å². The minimum atomic E-state index is -0.331. The van der Waals surface area contributed by atoms with Gasteiger partial charge in [0.2, 0.25) is 11.4 Å². The second kappa shape index (κ2) is 9.25. The van der Waals surface area contributed by atoms with Gasteiger partial charge in [-0.15, -0.1) is 0 Å². The molecule has 180 valence electrons. The van der Waals surface area contributed by atoms with Gasteiger partial charge in [0.15, 0.2) is 12.0 Å². The molecule has 1 heterocycles. The smallest absolute Gasteiger partial charge is 0.226 e. The van der Waals surface area contributed by atoms with Crippen molar-refractivity contribution in [2.75, 3.05) is 31.4 Å². The molecule has 0 aliphatic heterocycles. The average molecular weight is 472 g/mol. The number of methoxy groups -OCH3 is 1. The van der Waals surface area contributed by atoms with Crippen LogP contribution in [0, 0.1) is 5.92 Å². The minimum Gasteiger partial charge on any atom is -0.871 e. The van der Waals surface area contributed by atoms with E-state index in [9.17, 15) is 14.7 Å². The third-order valence-corrected chi connectivity index (χ3v) is 6.19. The van der Waals surface area contributed by atoms with Crippen molar-refractivity contribution in [3.8, 4) is 5.75 Å². The Bertz CT molecular complexity index is 1420. The van der Waals surface area contributed by atoms with Crippen molar-refractivity contribution >= 4 is 45.6 Å². The van der Waals surface area contributed by atoms with Crippen molar-refractivity contribution in [2.24, 2.45) is 13.0 Å². The van der Waals surface area contributed by atoms with Crippen molar-refractivity contribution in [2.45, 2.75) is 13.8 Å². The van der Waals surface area contributed by atoms with E-state index >= 15 is 0 Å². The number of nitrogens with one attached hydrogen (secondary N) is 1. The Morgan fingerprint density at radius 2 is 1.89 bits per heavy atom. The number of nitrogens with zero attached hydrogens (tertiary/aromatic N) is 2. The van der Waals surface area contributed by atoms with Gasteiger partial charge in [0.1, 0.15) is 12.8 Å². The van der Waals surface area contributed by atoms with Crippen molar-refractivity contribution < 1.29 is 24.0 Å². The molecule has 0 fully saturated rings.